The van der Waals surface area contributed by atoms with Gasteiger partial charge in [0.15, 0.2) is 5.96 Å². The fourth-order valence-electron chi connectivity index (χ4n) is 4.13. The molecule has 1 saturated heterocycles. The molecule has 1 aromatic rings. The highest BCUT2D eigenvalue weighted by atomic mass is 16.5. The minimum Gasteiger partial charge on any atom is -0.487 e. The number of nitrogens with one attached hydrogen (secondary N) is 2. The van der Waals surface area contributed by atoms with Crippen LogP contribution < -0.4 is 15.4 Å². The second-order valence-electron chi connectivity index (χ2n) is 8.21. The van der Waals surface area contributed by atoms with Gasteiger partial charge in [-0.15, -0.1) is 0 Å². The maximum Gasteiger partial charge on any atom is 0.191 e. The summed E-state index contributed by atoms with van der Waals surface area (Å²) in [6.45, 7) is 11.2. The summed E-state index contributed by atoms with van der Waals surface area (Å²) in [7, 11) is 1.85. The summed E-state index contributed by atoms with van der Waals surface area (Å²) in [5.41, 5.74) is 1.03. The molecule has 2 atom stereocenters. The average Bonchev–Trinajstić information content (AvgIpc) is 3.05. The topological polar surface area (TPSA) is 48.9 Å². The number of hydrogen-bond donors (Lipinski definition) is 2. The minimum absolute atomic E-state index is 0.184. The summed E-state index contributed by atoms with van der Waals surface area (Å²) in [6.07, 6.45) is 3.43. The summed E-state index contributed by atoms with van der Waals surface area (Å²) >= 11 is 0. The highest BCUT2D eigenvalue weighted by Gasteiger charge is 2.34. The van der Waals surface area contributed by atoms with Gasteiger partial charge in [0, 0.05) is 32.1 Å². The number of likely N-dealkylation sites (tertiary alicyclic amines) is 1. The van der Waals surface area contributed by atoms with Gasteiger partial charge in [-0.1, -0.05) is 25.1 Å². The first-order chi connectivity index (χ1) is 12.5. The van der Waals surface area contributed by atoms with E-state index in [1.807, 2.05) is 13.1 Å². The molecule has 2 unspecified atom stereocenters. The number of nitrogens with zero attached hydrogens (tertiary/aromatic N) is 2. The second-order valence-corrected chi connectivity index (χ2v) is 8.21. The van der Waals surface area contributed by atoms with Gasteiger partial charge in [0.1, 0.15) is 11.4 Å². The number of hydrogen-bond acceptors (Lipinski definition) is 3. The Morgan fingerprint density at radius 1 is 1.35 bits per heavy atom. The van der Waals surface area contributed by atoms with E-state index in [4.69, 9.17) is 4.74 Å². The molecule has 2 aliphatic rings. The van der Waals surface area contributed by atoms with Crippen LogP contribution in [0.1, 0.15) is 51.6 Å². The molecule has 0 spiro atoms. The van der Waals surface area contributed by atoms with Crippen molar-refractivity contribution in [2.24, 2.45) is 10.9 Å². The highest BCUT2D eigenvalue weighted by Crippen LogP contribution is 2.39. The molecule has 26 heavy (non-hydrogen) atoms. The maximum atomic E-state index is 6.13. The van der Waals surface area contributed by atoms with Gasteiger partial charge in [-0.05, 0) is 51.8 Å². The molecule has 2 N–H and O–H groups in total. The van der Waals surface area contributed by atoms with Gasteiger partial charge in [-0.25, -0.2) is 0 Å². The van der Waals surface area contributed by atoms with E-state index >= 15 is 0 Å². The van der Waals surface area contributed by atoms with Gasteiger partial charge in [0.05, 0.1) is 6.04 Å². The number of ether oxygens (including phenoxy) is 1. The molecule has 2 heterocycles. The molecule has 5 nitrogen and oxygen atoms in total. The van der Waals surface area contributed by atoms with Gasteiger partial charge in [0.25, 0.3) is 0 Å². The van der Waals surface area contributed by atoms with E-state index in [1.165, 1.54) is 38.0 Å². The molecule has 0 aliphatic carbocycles. The quantitative estimate of drug-likeness (QED) is 0.627. The number of fused-ring (bicyclic) bond motifs is 1. The highest BCUT2D eigenvalue weighted by molar-refractivity contribution is 5.80. The Morgan fingerprint density at radius 2 is 2.15 bits per heavy atom. The smallest absolute Gasteiger partial charge is 0.191 e. The van der Waals surface area contributed by atoms with Crippen LogP contribution in [0.25, 0.3) is 0 Å². The summed E-state index contributed by atoms with van der Waals surface area (Å²) < 4.78 is 6.13. The third-order valence-electron chi connectivity index (χ3n) is 5.38. The molecular formula is C21H34N4O. The van der Waals surface area contributed by atoms with E-state index in [0.29, 0.717) is 5.92 Å². The second kappa shape index (κ2) is 8.30. The van der Waals surface area contributed by atoms with Crippen LogP contribution in [0.3, 0.4) is 0 Å². The summed E-state index contributed by atoms with van der Waals surface area (Å²) in [6, 6.07) is 8.52. The zero-order valence-electron chi connectivity index (χ0n) is 16.7. The fourth-order valence-corrected chi connectivity index (χ4v) is 4.13. The monoisotopic (exact) mass is 358 g/mol. The molecule has 0 aromatic heterocycles. The zero-order chi connectivity index (χ0) is 18.6. The van der Waals surface area contributed by atoms with Gasteiger partial charge in [-0.3, -0.25) is 4.99 Å². The lowest BCUT2D eigenvalue weighted by Crippen LogP contribution is -2.46. The molecule has 2 aliphatic heterocycles. The van der Waals surface area contributed by atoms with E-state index < -0.39 is 0 Å². The van der Waals surface area contributed by atoms with Crippen LogP contribution >= 0.6 is 0 Å². The number of guanidine groups is 1. The van der Waals surface area contributed by atoms with Crippen LogP contribution in [0.2, 0.25) is 0 Å². The number of para-hydroxylation sites is 1. The standard InChI is InChI=1S/C21H34N4O/c1-5-11-25-12-10-16(15-25)14-23-20(22-4)24-18-13-21(2,3)26-19-9-7-6-8-17(18)19/h6-9,16,18H,5,10-15H2,1-4H3,(H2,22,23,24). The third kappa shape index (κ3) is 4.70. The average molecular weight is 359 g/mol. The van der Waals surface area contributed by atoms with E-state index in [0.717, 1.165) is 24.7 Å². The minimum atomic E-state index is -0.184. The molecular weight excluding hydrogens is 324 g/mol. The van der Waals surface area contributed by atoms with E-state index in [9.17, 15) is 0 Å². The van der Waals surface area contributed by atoms with Crippen molar-refractivity contribution in [3.05, 3.63) is 29.8 Å². The first kappa shape index (κ1) is 19.0. The van der Waals surface area contributed by atoms with Crippen molar-refractivity contribution in [1.82, 2.24) is 15.5 Å². The molecule has 0 amide bonds. The summed E-state index contributed by atoms with van der Waals surface area (Å²) in [4.78, 5) is 7.03. The first-order valence-corrected chi connectivity index (χ1v) is 9.98. The predicted molar refractivity (Wildman–Crippen MR) is 108 cm³/mol. The van der Waals surface area contributed by atoms with Gasteiger partial charge in [-0.2, -0.15) is 0 Å². The lowest BCUT2D eigenvalue weighted by atomic mass is 9.90. The molecule has 5 heteroatoms. The SMILES string of the molecule is CCCN1CCC(CNC(=NC)NC2CC(C)(C)Oc3ccccc32)C1. The zero-order valence-corrected chi connectivity index (χ0v) is 16.7. The van der Waals surface area contributed by atoms with Gasteiger partial charge >= 0.3 is 0 Å². The molecule has 0 radical (unpaired) electrons. The van der Waals surface area contributed by atoms with Crippen LogP contribution in [0.5, 0.6) is 5.75 Å². The molecule has 3 rings (SSSR count). The van der Waals surface area contributed by atoms with E-state index in [-0.39, 0.29) is 11.6 Å². The van der Waals surface area contributed by atoms with Crippen LogP contribution in [0, 0.1) is 5.92 Å². The van der Waals surface area contributed by atoms with Crippen molar-refractivity contribution in [2.45, 2.75) is 51.7 Å². The van der Waals surface area contributed by atoms with Crippen molar-refractivity contribution in [3.63, 3.8) is 0 Å². The van der Waals surface area contributed by atoms with Gasteiger partial charge in [0.2, 0.25) is 0 Å². The summed E-state index contributed by atoms with van der Waals surface area (Å²) in [5, 5.41) is 7.17. The van der Waals surface area contributed by atoms with Crippen molar-refractivity contribution in [2.75, 3.05) is 33.2 Å². The fraction of sp³-hybridized carbons (Fsp3) is 0.667. The Labute approximate surface area is 158 Å². The van der Waals surface area contributed by atoms with Crippen LogP contribution in [-0.2, 0) is 0 Å². The first-order valence-electron chi connectivity index (χ1n) is 9.98. The van der Waals surface area contributed by atoms with Crippen LogP contribution in [0.4, 0.5) is 0 Å². The van der Waals surface area contributed by atoms with Crippen molar-refractivity contribution in [3.8, 4) is 5.75 Å². The van der Waals surface area contributed by atoms with Crippen molar-refractivity contribution >= 4 is 5.96 Å². The maximum absolute atomic E-state index is 6.13. The number of benzene rings is 1. The van der Waals surface area contributed by atoms with Crippen LogP contribution in [0.15, 0.2) is 29.3 Å². The number of aliphatic imine (C=N–C) groups is 1. The van der Waals surface area contributed by atoms with Crippen LogP contribution in [-0.4, -0.2) is 49.7 Å². The third-order valence-corrected chi connectivity index (χ3v) is 5.38. The molecule has 1 aromatic carbocycles. The Kier molecular flexibility index (Phi) is 6.07. The lowest BCUT2D eigenvalue weighted by Gasteiger charge is -2.38. The summed E-state index contributed by atoms with van der Waals surface area (Å²) in [5.74, 6) is 2.57. The molecule has 144 valence electrons. The Hall–Kier alpha value is -1.75. The molecule has 0 bridgehead atoms. The van der Waals surface area contributed by atoms with E-state index in [1.54, 1.807) is 0 Å². The Balaban J connectivity index is 1.58. The Morgan fingerprint density at radius 3 is 2.92 bits per heavy atom. The van der Waals surface area contributed by atoms with Crippen molar-refractivity contribution < 1.29 is 4.74 Å². The lowest BCUT2D eigenvalue weighted by molar-refractivity contribution is 0.0694. The normalized spacial score (nSPS) is 25.5. The predicted octanol–water partition coefficient (Wildman–Crippen LogP) is 3.19. The van der Waals surface area contributed by atoms with Gasteiger partial charge < -0.3 is 20.3 Å². The Bertz CT molecular complexity index is 628. The largest absolute Gasteiger partial charge is 0.487 e. The molecule has 1 fully saturated rings. The molecule has 0 saturated carbocycles. The van der Waals surface area contributed by atoms with E-state index in [2.05, 4.69) is 59.5 Å². The van der Waals surface area contributed by atoms with Crippen molar-refractivity contribution in [1.29, 1.82) is 0 Å². The number of rotatable bonds is 5.